The highest BCUT2D eigenvalue weighted by molar-refractivity contribution is 6.30. The molecule has 1 aromatic rings. The summed E-state index contributed by atoms with van der Waals surface area (Å²) in [4.78, 5) is 22.2. The van der Waals surface area contributed by atoms with Crippen molar-refractivity contribution in [3.63, 3.8) is 0 Å². The summed E-state index contributed by atoms with van der Waals surface area (Å²) in [5.74, 6) is -0.420. The van der Waals surface area contributed by atoms with Crippen molar-refractivity contribution in [2.24, 2.45) is 5.73 Å². The van der Waals surface area contributed by atoms with Crippen LogP contribution in [0.1, 0.15) is 20.8 Å². The number of carbonyl (C=O) groups excluding carboxylic acids is 1. The van der Waals surface area contributed by atoms with Crippen molar-refractivity contribution < 1.29 is 14.5 Å². The number of nitrogens with two attached hydrogens (primary N) is 1. The van der Waals surface area contributed by atoms with Gasteiger partial charge in [-0.25, -0.2) is 0 Å². The quantitative estimate of drug-likeness (QED) is 0.603. The van der Waals surface area contributed by atoms with Crippen molar-refractivity contribution >= 4 is 35.6 Å². The van der Waals surface area contributed by atoms with E-state index in [0.29, 0.717) is 0 Å². The van der Waals surface area contributed by atoms with Gasteiger partial charge >= 0.3 is 5.69 Å². The standard InChI is InChI=1S/C13H18ClN3O4.ClH/c1-8(12(18)16-7-13(2,3)15)21-11-5-4-9(14)6-10(11)17(19)20;/h4-6,8H,7,15H2,1-3H3,(H,16,18);1H. The first-order valence-corrected chi connectivity index (χ1v) is 6.65. The Kier molecular flexibility index (Phi) is 7.58. The summed E-state index contributed by atoms with van der Waals surface area (Å²) in [6.07, 6.45) is -0.896. The summed E-state index contributed by atoms with van der Waals surface area (Å²) in [5, 5.41) is 13.8. The molecule has 7 nitrogen and oxygen atoms in total. The zero-order valence-corrected chi connectivity index (χ0v) is 14.0. The highest BCUT2D eigenvalue weighted by Crippen LogP contribution is 2.30. The monoisotopic (exact) mass is 351 g/mol. The molecule has 0 aliphatic heterocycles. The molecule has 0 aliphatic carbocycles. The minimum atomic E-state index is -0.896. The number of amides is 1. The van der Waals surface area contributed by atoms with Gasteiger partial charge in [-0.2, -0.15) is 0 Å². The number of nitro benzene ring substituents is 1. The van der Waals surface area contributed by atoms with E-state index < -0.39 is 22.5 Å². The van der Waals surface area contributed by atoms with Gasteiger partial charge in [0.2, 0.25) is 0 Å². The first-order valence-electron chi connectivity index (χ1n) is 6.27. The van der Waals surface area contributed by atoms with Crippen LogP contribution in [0, 0.1) is 10.1 Å². The summed E-state index contributed by atoms with van der Waals surface area (Å²) < 4.78 is 5.34. The molecule has 0 fully saturated rings. The van der Waals surface area contributed by atoms with Crippen molar-refractivity contribution in [2.45, 2.75) is 32.4 Å². The molecule has 22 heavy (non-hydrogen) atoms. The molecule has 124 valence electrons. The van der Waals surface area contributed by atoms with Crippen LogP contribution in [0.4, 0.5) is 5.69 Å². The van der Waals surface area contributed by atoms with E-state index in [-0.39, 0.29) is 35.4 Å². The Hall–Kier alpha value is -1.57. The second kappa shape index (κ2) is 8.17. The van der Waals surface area contributed by atoms with Crippen LogP contribution in [0.25, 0.3) is 0 Å². The highest BCUT2D eigenvalue weighted by atomic mass is 35.5. The number of ether oxygens (including phenoxy) is 1. The normalized spacial score (nSPS) is 12.0. The molecule has 1 aromatic carbocycles. The lowest BCUT2D eigenvalue weighted by Crippen LogP contribution is -2.48. The van der Waals surface area contributed by atoms with E-state index in [1.54, 1.807) is 13.8 Å². The van der Waals surface area contributed by atoms with Gasteiger partial charge in [-0.05, 0) is 32.9 Å². The van der Waals surface area contributed by atoms with E-state index in [2.05, 4.69) is 5.32 Å². The predicted octanol–water partition coefficient (Wildman–Crippen LogP) is 2.29. The van der Waals surface area contributed by atoms with Crippen molar-refractivity contribution in [1.82, 2.24) is 5.32 Å². The summed E-state index contributed by atoms with van der Waals surface area (Å²) in [6, 6.07) is 3.99. The Balaban J connectivity index is 0.00000441. The van der Waals surface area contributed by atoms with E-state index in [0.717, 1.165) is 0 Å². The van der Waals surface area contributed by atoms with Gasteiger partial charge in [0.1, 0.15) is 0 Å². The Morgan fingerprint density at radius 2 is 2.14 bits per heavy atom. The highest BCUT2D eigenvalue weighted by Gasteiger charge is 2.22. The minimum Gasteiger partial charge on any atom is -0.474 e. The average molecular weight is 352 g/mol. The van der Waals surface area contributed by atoms with Gasteiger partial charge in [-0.15, -0.1) is 12.4 Å². The van der Waals surface area contributed by atoms with Gasteiger partial charge in [-0.1, -0.05) is 11.6 Å². The largest absolute Gasteiger partial charge is 0.474 e. The molecule has 0 aliphatic rings. The minimum absolute atomic E-state index is 0. The van der Waals surface area contributed by atoms with Gasteiger partial charge in [0.25, 0.3) is 5.91 Å². The average Bonchev–Trinajstić information content (AvgIpc) is 2.36. The van der Waals surface area contributed by atoms with Crippen LogP contribution >= 0.6 is 24.0 Å². The molecule has 0 saturated heterocycles. The third-order valence-electron chi connectivity index (χ3n) is 2.51. The molecule has 0 saturated carbocycles. The van der Waals surface area contributed by atoms with Crippen LogP contribution in [-0.4, -0.2) is 29.0 Å². The van der Waals surface area contributed by atoms with Crippen LogP contribution in [0.2, 0.25) is 5.02 Å². The van der Waals surface area contributed by atoms with Gasteiger partial charge in [0.15, 0.2) is 11.9 Å². The molecule has 0 heterocycles. The lowest BCUT2D eigenvalue weighted by atomic mass is 10.1. The number of rotatable bonds is 6. The molecule has 9 heteroatoms. The van der Waals surface area contributed by atoms with Crippen molar-refractivity contribution in [2.75, 3.05) is 6.54 Å². The van der Waals surface area contributed by atoms with E-state index in [4.69, 9.17) is 22.1 Å². The fourth-order valence-electron chi connectivity index (χ4n) is 1.44. The third-order valence-corrected chi connectivity index (χ3v) is 2.74. The van der Waals surface area contributed by atoms with Crippen LogP contribution in [0.5, 0.6) is 5.75 Å². The molecule has 1 unspecified atom stereocenters. The van der Waals surface area contributed by atoms with Gasteiger partial charge in [0, 0.05) is 23.2 Å². The number of nitro groups is 1. The zero-order valence-electron chi connectivity index (χ0n) is 12.5. The molecule has 3 N–H and O–H groups in total. The van der Waals surface area contributed by atoms with Gasteiger partial charge < -0.3 is 15.8 Å². The molecule has 1 amide bonds. The van der Waals surface area contributed by atoms with Gasteiger partial charge in [0.05, 0.1) is 4.92 Å². The van der Waals surface area contributed by atoms with Crippen LogP contribution in [0.3, 0.4) is 0 Å². The van der Waals surface area contributed by atoms with Crippen molar-refractivity contribution in [1.29, 1.82) is 0 Å². The Labute approximate surface area is 139 Å². The molecule has 0 aromatic heterocycles. The number of hydrogen-bond donors (Lipinski definition) is 2. The van der Waals surface area contributed by atoms with Gasteiger partial charge in [-0.3, -0.25) is 14.9 Å². The summed E-state index contributed by atoms with van der Waals surface area (Å²) in [7, 11) is 0. The Morgan fingerprint density at radius 1 is 1.55 bits per heavy atom. The van der Waals surface area contributed by atoms with Crippen molar-refractivity contribution in [3.05, 3.63) is 33.3 Å². The molecular weight excluding hydrogens is 333 g/mol. The summed E-state index contributed by atoms with van der Waals surface area (Å²) in [5.41, 5.74) is 4.91. The lowest BCUT2D eigenvalue weighted by molar-refractivity contribution is -0.386. The fraction of sp³-hybridized carbons (Fsp3) is 0.462. The third kappa shape index (κ3) is 6.46. The maximum atomic E-state index is 11.9. The SMILES string of the molecule is CC(Oc1ccc(Cl)cc1[N+](=O)[O-])C(=O)NCC(C)(C)N.Cl. The van der Waals surface area contributed by atoms with Crippen molar-refractivity contribution in [3.8, 4) is 5.75 Å². The van der Waals surface area contributed by atoms with E-state index in [1.165, 1.54) is 25.1 Å². The van der Waals surface area contributed by atoms with E-state index in [9.17, 15) is 14.9 Å². The number of carbonyl (C=O) groups is 1. The maximum absolute atomic E-state index is 11.9. The maximum Gasteiger partial charge on any atom is 0.312 e. The van der Waals surface area contributed by atoms with E-state index >= 15 is 0 Å². The molecule has 1 atom stereocenters. The second-order valence-corrected chi connectivity index (χ2v) is 5.77. The fourth-order valence-corrected chi connectivity index (χ4v) is 1.60. The second-order valence-electron chi connectivity index (χ2n) is 5.34. The van der Waals surface area contributed by atoms with Crippen LogP contribution in [-0.2, 0) is 4.79 Å². The lowest BCUT2D eigenvalue weighted by Gasteiger charge is -2.21. The number of halogens is 2. The number of benzene rings is 1. The predicted molar refractivity (Wildman–Crippen MR) is 86.7 cm³/mol. The smallest absolute Gasteiger partial charge is 0.312 e. The molecular formula is C13H19Cl2N3O4. The topological polar surface area (TPSA) is 107 Å². The van der Waals surface area contributed by atoms with Crippen LogP contribution in [0.15, 0.2) is 18.2 Å². The first-order chi connectivity index (χ1) is 9.60. The zero-order chi connectivity index (χ0) is 16.2. The summed E-state index contributed by atoms with van der Waals surface area (Å²) >= 11 is 5.71. The van der Waals surface area contributed by atoms with E-state index in [1.807, 2.05) is 0 Å². The Morgan fingerprint density at radius 3 is 2.64 bits per heavy atom. The number of nitrogens with zero attached hydrogens (tertiary/aromatic N) is 1. The number of nitrogens with one attached hydrogen (secondary N) is 1. The Bertz CT molecular complexity index is 547. The van der Waals surface area contributed by atoms with Crippen LogP contribution < -0.4 is 15.8 Å². The molecule has 1 rings (SSSR count). The molecule has 0 bridgehead atoms. The number of hydrogen-bond acceptors (Lipinski definition) is 5. The first kappa shape index (κ1) is 20.4. The molecule has 0 spiro atoms. The molecule has 0 radical (unpaired) electrons. The summed E-state index contributed by atoms with van der Waals surface area (Å²) in [6.45, 7) is 5.30.